The van der Waals surface area contributed by atoms with Crippen molar-refractivity contribution < 1.29 is 38.7 Å². The fourth-order valence-corrected chi connectivity index (χ4v) is 3.02. The normalized spacial score (nSPS) is 19.6. The SMILES string of the molecule is O=c1c(O)c(-c2ccc(OCC3CO3)c(O)c2)oc2cc(OCC3CO3)cc(O)c12. The van der Waals surface area contributed by atoms with Crippen molar-refractivity contribution in [3.05, 3.63) is 40.6 Å². The van der Waals surface area contributed by atoms with Crippen molar-refractivity contribution in [2.24, 2.45) is 0 Å². The maximum Gasteiger partial charge on any atom is 0.238 e. The highest BCUT2D eigenvalue weighted by atomic mass is 16.6. The molecule has 0 saturated carbocycles. The number of ether oxygens (including phenoxy) is 4. The molecular weight excluding hydrogens is 396 g/mol. The molecule has 0 bridgehead atoms. The van der Waals surface area contributed by atoms with Gasteiger partial charge in [-0.1, -0.05) is 0 Å². The summed E-state index contributed by atoms with van der Waals surface area (Å²) in [5.41, 5.74) is -0.507. The van der Waals surface area contributed by atoms with Gasteiger partial charge in [0.25, 0.3) is 0 Å². The van der Waals surface area contributed by atoms with Crippen molar-refractivity contribution in [1.29, 1.82) is 0 Å². The first-order valence-electron chi connectivity index (χ1n) is 9.34. The first kappa shape index (κ1) is 18.6. The maximum absolute atomic E-state index is 12.6. The number of phenolic OH excluding ortho intramolecular Hbond substituents is 2. The molecule has 0 aliphatic carbocycles. The molecule has 9 heteroatoms. The predicted octanol–water partition coefficient (Wildman–Crippen LogP) is 2.13. The third-order valence-corrected chi connectivity index (χ3v) is 4.81. The van der Waals surface area contributed by atoms with Crippen molar-refractivity contribution in [1.82, 2.24) is 0 Å². The van der Waals surface area contributed by atoms with Gasteiger partial charge < -0.3 is 38.7 Å². The monoisotopic (exact) mass is 414 g/mol. The van der Waals surface area contributed by atoms with E-state index < -0.39 is 11.2 Å². The zero-order valence-electron chi connectivity index (χ0n) is 15.7. The van der Waals surface area contributed by atoms with Crippen LogP contribution in [-0.4, -0.2) is 54.0 Å². The lowest BCUT2D eigenvalue weighted by molar-refractivity contribution is 0.254. The molecule has 0 spiro atoms. The van der Waals surface area contributed by atoms with Gasteiger partial charge in [0.1, 0.15) is 47.9 Å². The third-order valence-electron chi connectivity index (χ3n) is 4.81. The van der Waals surface area contributed by atoms with E-state index in [1.807, 2.05) is 0 Å². The summed E-state index contributed by atoms with van der Waals surface area (Å²) in [6.07, 6.45) is 0.0441. The number of epoxide rings is 2. The van der Waals surface area contributed by atoms with Gasteiger partial charge in [-0.3, -0.25) is 4.79 Å². The first-order valence-corrected chi connectivity index (χ1v) is 9.34. The highest BCUT2D eigenvalue weighted by Gasteiger charge is 2.25. The molecule has 0 radical (unpaired) electrons. The second-order valence-corrected chi connectivity index (χ2v) is 7.14. The average Bonchev–Trinajstić information content (AvgIpc) is 3.62. The lowest BCUT2D eigenvalue weighted by Gasteiger charge is -2.11. The van der Waals surface area contributed by atoms with Crippen molar-refractivity contribution >= 4 is 11.0 Å². The maximum atomic E-state index is 12.6. The minimum absolute atomic E-state index is 0.0143. The Labute approximate surface area is 169 Å². The van der Waals surface area contributed by atoms with Gasteiger partial charge in [-0.15, -0.1) is 0 Å². The molecule has 2 aliphatic heterocycles. The Morgan fingerprint density at radius 3 is 2.30 bits per heavy atom. The Morgan fingerprint density at radius 2 is 1.63 bits per heavy atom. The summed E-state index contributed by atoms with van der Waals surface area (Å²) in [6.45, 7) is 1.86. The number of hydrogen-bond acceptors (Lipinski definition) is 9. The molecule has 2 unspecified atom stereocenters. The average molecular weight is 414 g/mol. The summed E-state index contributed by atoms with van der Waals surface area (Å²) in [5.74, 6) is -0.848. The first-order chi connectivity index (χ1) is 14.5. The van der Waals surface area contributed by atoms with Crippen molar-refractivity contribution in [2.75, 3.05) is 26.4 Å². The molecule has 5 rings (SSSR count). The van der Waals surface area contributed by atoms with Gasteiger partial charge in [0.2, 0.25) is 11.2 Å². The van der Waals surface area contributed by atoms with Crippen LogP contribution in [0.2, 0.25) is 0 Å². The molecule has 3 aromatic rings. The molecule has 30 heavy (non-hydrogen) atoms. The van der Waals surface area contributed by atoms with Gasteiger partial charge in [-0.05, 0) is 18.2 Å². The number of hydrogen-bond donors (Lipinski definition) is 3. The van der Waals surface area contributed by atoms with Crippen LogP contribution in [-0.2, 0) is 9.47 Å². The zero-order chi connectivity index (χ0) is 20.8. The summed E-state index contributed by atoms with van der Waals surface area (Å²) < 4.78 is 26.9. The van der Waals surface area contributed by atoms with Crippen LogP contribution < -0.4 is 14.9 Å². The van der Waals surface area contributed by atoms with Crippen molar-refractivity contribution in [3.8, 4) is 40.1 Å². The molecule has 3 heterocycles. The van der Waals surface area contributed by atoms with E-state index in [-0.39, 0.29) is 51.7 Å². The zero-order valence-corrected chi connectivity index (χ0v) is 15.7. The summed E-state index contributed by atoms with van der Waals surface area (Å²) in [5, 5.41) is 30.7. The third kappa shape index (κ3) is 3.60. The highest BCUT2D eigenvalue weighted by Crippen LogP contribution is 2.38. The molecule has 2 fully saturated rings. The fraction of sp³-hybridized carbons (Fsp3) is 0.286. The molecule has 2 aliphatic rings. The van der Waals surface area contributed by atoms with Gasteiger partial charge in [-0.25, -0.2) is 0 Å². The van der Waals surface area contributed by atoms with Crippen LogP contribution >= 0.6 is 0 Å². The second-order valence-electron chi connectivity index (χ2n) is 7.14. The van der Waals surface area contributed by atoms with E-state index in [1.165, 1.54) is 30.3 Å². The van der Waals surface area contributed by atoms with Gasteiger partial charge in [0.05, 0.1) is 13.2 Å². The fourth-order valence-electron chi connectivity index (χ4n) is 3.02. The van der Waals surface area contributed by atoms with E-state index in [0.717, 1.165) is 0 Å². The lowest BCUT2D eigenvalue weighted by atomic mass is 10.1. The van der Waals surface area contributed by atoms with E-state index >= 15 is 0 Å². The van der Waals surface area contributed by atoms with E-state index in [1.54, 1.807) is 0 Å². The molecular formula is C21H18O9. The quantitative estimate of drug-likeness (QED) is 0.497. The van der Waals surface area contributed by atoms with Crippen LogP contribution in [0.15, 0.2) is 39.5 Å². The molecule has 0 amide bonds. The van der Waals surface area contributed by atoms with Gasteiger partial charge in [0.15, 0.2) is 17.3 Å². The Morgan fingerprint density at radius 1 is 0.933 bits per heavy atom. The van der Waals surface area contributed by atoms with Crippen LogP contribution in [0.3, 0.4) is 0 Å². The summed E-state index contributed by atoms with van der Waals surface area (Å²) in [7, 11) is 0. The van der Waals surface area contributed by atoms with Crippen LogP contribution in [0.25, 0.3) is 22.3 Å². The molecule has 2 atom stereocenters. The Balaban J connectivity index is 1.51. The number of rotatable bonds is 7. The Hall–Kier alpha value is -3.43. The Bertz CT molecular complexity index is 1180. The smallest absolute Gasteiger partial charge is 0.238 e. The predicted molar refractivity (Wildman–Crippen MR) is 103 cm³/mol. The number of fused-ring (bicyclic) bond motifs is 1. The summed E-state index contributed by atoms with van der Waals surface area (Å²) in [4.78, 5) is 12.6. The molecule has 3 N–H and O–H groups in total. The number of phenols is 2. The van der Waals surface area contributed by atoms with E-state index in [2.05, 4.69) is 0 Å². The Kier molecular flexibility index (Phi) is 4.41. The molecule has 2 saturated heterocycles. The number of benzene rings is 2. The highest BCUT2D eigenvalue weighted by molar-refractivity contribution is 5.88. The van der Waals surface area contributed by atoms with E-state index in [4.69, 9.17) is 23.4 Å². The van der Waals surface area contributed by atoms with Crippen LogP contribution in [0.5, 0.6) is 28.7 Å². The molecule has 1 aromatic heterocycles. The molecule has 156 valence electrons. The molecule has 9 nitrogen and oxygen atoms in total. The van der Waals surface area contributed by atoms with E-state index in [0.29, 0.717) is 32.2 Å². The molecule has 2 aromatic carbocycles. The largest absolute Gasteiger partial charge is 0.507 e. The van der Waals surface area contributed by atoms with Gasteiger partial charge in [-0.2, -0.15) is 0 Å². The summed E-state index contributed by atoms with van der Waals surface area (Å²) in [6, 6.07) is 7.09. The standard InChI is InChI=1S/C21H18O9/c22-14-3-10(1-2-16(14)29-9-13-8-28-13)21-20(25)19(24)18-15(23)4-11(5-17(18)30-21)26-6-12-7-27-12/h1-5,12-13,22-23,25H,6-9H2. The van der Waals surface area contributed by atoms with Gasteiger partial charge in [0, 0.05) is 17.7 Å². The van der Waals surface area contributed by atoms with Crippen LogP contribution in [0.4, 0.5) is 0 Å². The number of aromatic hydroxyl groups is 3. The second kappa shape index (κ2) is 7.12. The van der Waals surface area contributed by atoms with Crippen molar-refractivity contribution in [2.45, 2.75) is 12.2 Å². The van der Waals surface area contributed by atoms with Crippen LogP contribution in [0.1, 0.15) is 0 Å². The van der Waals surface area contributed by atoms with Crippen LogP contribution in [0, 0.1) is 0 Å². The van der Waals surface area contributed by atoms with Gasteiger partial charge >= 0.3 is 0 Å². The topological polar surface area (TPSA) is 134 Å². The lowest BCUT2D eigenvalue weighted by Crippen LogP contribution is -2.06. The minimum Gasteiger partial charge on any atom is -0.507 e. The summed E-state index contributed by atoms with van der Waals surface area (Å²) >= 11 is 0. The van der Waals surface area contributed by atoms with E-state index in [9.17, 15) is 20.1 Å². The minimum atomic E-state index is -0.800. The van der Waals surface area contributed by atoms with Crippen molar-refractivity contribution in [3.63, 3.8) is 0 Å².